The van der Waals surface area contributed by atoms with Crippen LogP contribution in [0.25, 0.3) is 0 Å². The zero-order chi connectivity index (χ0) is 4.12. The molecule has 0 saturated carbocycles. The molecule has 0 atom stereocenters. The molecule has 1 radical (unpaired) electrons. The summed E-state index contributed by atoms with van der Waals surface area (Å²) < 4.78 is 0. The molecule has 0 amide bonds. The van der Waals surface area contributed by atoms with Crippen molar-refractivity contribution in [2.45, 2.75) is 13.3 Å². The molecule has 0 bridgehead atoms. The van der Waals surface area contributed by atoms with Gasteiger partial charge in [-0.3, -0.25) is 0 Å². The second-order valence-electron chi connectivity index (χ2n) is 0.858. The quantitative estimate of drug-likeness (QED) is 0.403. The molecule has 6 heavy (non-hydrogen) atoms. The minimum atomic E-state index is 0. The Kier molecular flexibility index (Phi) is 15.4. The van der Waals surface area contributed by atoms with Crippen molar-refractivity contribution >= 4 is 0 Å². The zero-order valence-corrected chi connectivity index (χ0v) is 6.98. The molecule has 0 spiro atoms. The Bertz CT molecular complexity index is 30.9. The molecule has 0 aliphatic carbocycles. The SMILES string of the molecule is [CH2-]C/C=C/C.[Y]. The molecule has 0 aromatic carbocycles. The van der Waals surface area contributed by atoms with Gasteiger partial charge in [0.2, 0.25) is 0 Å². The van der Waals surface area contributed by atoms with Crippen molar-refractivity contribution in [2.75, 3.05) is 0 Å². The molecule has 1 heteroatoms. The van der Waals surface area contributed by atoms with Crippen LogP contribution in [-0.2, 0) is 32.7 Å². The largest absolute Gasteiger partial charge is 0.340 e. The van der Waals surface area contributed by atoms with E-state index in [1.54, 1.807) is 0 Å². The predicted molar refractivity (Wildman–Crippen MR) is 24.8 cm³/mol. The molecule has 0 unspecified atom stereocenters. The van der Waals surface area contributed by atoms with Crippen LogP contribution in [-0.4, -0.2) is 0 Å². The van der Waals surface area contributed by atoms with Gasteiger partial charge in [0.1, 0.15) is 0 Å². The second-order valence-corrected chi connectivity index (χ2v) is 0.858. The average molecular weight is 158 g/mol. The Hall–Kier alpha value is 0.844. The number of rotatable bonds is 1. The van der Waals surface area contributed by atoms with Gasteiger partial charge in [-0.05, 0) is 6.92 Å². The van der Waals surface area contributed by atoms with Gasteiger partial charge in [-0.15, -0.1) is 6.08 Å². The van der Waals surface area contributed by atoms with E-state index in [-0.39, 0.29) is 32.7 Å². The van der Waals surface area contributed by atoms with Crippen molar-refractivity contribution in [3.8, 4) is 0 Å². The molecule has 0 aliphatic rings. The maximum Gasteiger partial charge on any atom is 0 e. The summed E-state index contributed by atoms with van der Waals surface area (Å²) in [6.07, 6.45) is 4.92. The summed E-state index contributed by atoms with van der Waals surface area (Å²) in [5.74, 6) is 0. The summed E-state index contributed by atoms with van der Waals surface area (Å²) in [6, 6.07) is 0. The average Bonchev–Trinajstić information content (AvgIpc) is 1.41. The summed E-state index contributed by atoms with van der Waals surface area (Å²) in [5.41, 5.74) is 0. The minimum absolute atomic E-state index is 0. The van der Waals surface area contributed by atoms with Crippen LogP contribution >= 0.6 is 0 Å². The molecule has 0 nitrogen and oxygen atoms in total. The van der Waals surface area contributed by atoms with Crippen LogP contribution in [0.5, 0.6) is 0 Å². The molecular weight excluding hydrogens is 149 g/mol. The smallest absolute Gasteiger partial charge is 0 e. The summed E-state index contributed by atoms with van der Waals surface area (Å²) in [6.45, 7) is 5.58. The van der Waals surface area contributed by atoms with Gasteiger partial charge in [-0.2, -0.15) is 6.42 Å². The van der Waals surface area contributed by atoms with Gasteiger partial charge >= 0.3 is 0 Å². The monoisotopic (exact) mass is 158 g/mol. The molecule has 0 fully saturated rings. The van der Waals surface area contributed by atoms with Gasteiger partial charge in [0.05, 0.1) is 0 Å². The van der Waals surface area contributed by atoms with Crippen LogP contribution in [0.2, 0.25) is 0 Å². The summed E-state index contributed by atoms with van der Waals surface area (Å²) in [5, 5.41) is 0. The summed E-state index contributed by atoms with van der Waals surface area (Å²) in [7, 11) is 0. The van der Waals surface area contributed by atoms with E-state index in [0.29, 0.717) is 0 Å². The fraction of sp³-hybridized carbons (Fsp3) is 0.400. The fourth-order valence-corrected chi connectivity index (χ4v) is 0.167. The normalized spacial score (nSPS) is 8.33. The number of hydrogen-bond donors (Lipinski definition) is 0. The third-order valence-electron chi connectivity index (χ3n) is 0.402. The molecule has 0 rings (SSSR count). The first-order chi connectivity index (χ1) is 2.41. The van der Waals surface area contributed by atoms with E-state index in [1.807, 2.05) is 19.1 Å². The molecule has 0 aliphatic heterocycles. The third-order valence-corrected chi connectivity index (χ3v) is 0.402. The van der Waals surface area contributed by atoms with E-state index in [2.05, 4.69) is 6.92 Å². The van der Waals surface area contributed by atoms with Gasteiger partial charge < -0.3 is 6.92 Å². The van der Waals surface area contributed by atoms with Crippen LogP contribution in [0.15, 0.2) is 12.2 Å². The van der Waals surface area contributed by atoms with Crippen molar-refractivity contribution in [1.82, 2.24) is 0 Å². The molecule has 0 aromatic heterocycles. The van der Waals surface area contributed by atoms with E-state index < -0.39 is 0 Å². The number of hydrogen-bond acceptors (Lipinski definition) is 0. The molecule has 0 N–H and O–H groups in total. The first kappa shape index (κ1) is 9.96. The van der Waals surface area contributed by atoms with E-state index in [4.69, 9.17) is 0 Å². The van der Waals surface area contributed by atoms with Crippen LogP contribution in [0.3, 0.4) is 0 Å². The summed E-state index contributed by atoms with van der Waals surface area (Å²) >= 11 is 0. The van der Waals surface area contributed by atoms with Gasteiger partial charge in [0.25, 0.3) is 0 Å². The maximum atomic E-state index is 3.59. The van der Waals surface area contributed by atoms with Crippen LogP contribution in [0.1, 0.15) is 13.3 Å². The Morgan fingerprint density at radius 2 is 2.17 bits per heavy atom. The van der Waals surface area contributed by atoms with Crippen molar-refractivity contribution in [2.24, 2.45) is 0 Å². The van der Waals surface area contributed by atoms with Crippen LogP contribution in [0, 0.1) is 6.92 Å². The molecule has 0 saturated heterocycles. The van der Waals surface area contributed by atoms with Crippen LogP contribution in [0.4, 0.5) is 0 Å². The van der Waals surface area contributed by atoms with Crippen molar-refractivity contribution in [3.63, 3.8) is 0 Å². The Labute approximate surface area is 64.9 Å². The van der Waals surface area contributed by atoms with Gasteiger partial charge in [-0.1, -0.05) is 6.08 Å². The predicted octanol–water partition coefficient (Wildman–Crippen LogP) is 1.78. The van der Waals surface area contributed by atoms with Gasteiger partial charge in [0, 0.05) is 32.7 Å². The van der Waals surface area contributed by atoms with Crippen LogP contribution < -0.4 is 0 Å². The summed E-state index contributed by atoms with van der Waals surface area (Å²) in [4.78, 5) is 0. The minimum Gasteiger partial charge on any atom is -0.340 e. The Morgan fingerprint density at radius 1 is 1.67 bits per heavy atom. The zero-order valence-electron chi connectivity index (χ0n) is 4.15. The first-order valence-corrected chi connectivity index (χ1v) is 1.82. The van der Waals surface area contributed by atoms with E-state index in [0.717, 1.165) is 6.42 Å². The maximum absolute atomic E-state index is 3.59. The van der Waals surface area contributed by atoms with E-state index >= 15 is 0 Å². The van der Waals surface area contributed by atoms with Gasteiger partial charge in [0.15, 0.2) is 0 Å². The number of allylic oxidation sites excluding steroid dienone is 2. The van der Waals surface area contributed by atoms with Crippen molar-refractivity contribution in [1.29, 1.82) is 0 Å². The van der Waals surface area contributed by atoms with Crippen molar-refractivity contribution < 1.29 is 32.7 Å². The Balaban J connectivity index is 0. The first-order valence-electron chi connectivity index (χ1n) is 1.82. The standard InChI is InChI=1S/C5H9.Y/c1-3-5-4-2;/h4-5H,1,3H2,2H3;/q-1;/b5-4+;. The Morgan fingerprint density at radius 3 is 2.17 bits per heavy atom. The molecular formula is C5H9Y-. The van der Waals surface area contributed by atoms with Gasteiger partial charge in [-0.25, -0.2) is 0 Å². The molecule has 0 aromatic rings. The van der Waals surface area contributed by atoms with Crippen molar-refractivity contribution in [3.05, 3.63) is 19.1 Å². The second kappa shape index (κ2) is 9.28. The fourth-order valence-electron chi connectivity index (χ4n) is 0.167. The van der Waals surface area contributed by atoms with E-state index in [9.17, 15) is 0 Å². The topological polar surface area (TPSA) is 0 Å². The molecule has 33 valence electrons. The van der Waals surface area contributed by atoms with E-state index in [1.165, 1.54) is 0 Å². The molecule has 0 heterocycles. The third kappa shape index (κ3) is 8.85.